The molecule has 82 valence electrons. The van der Waals surface area contributed by atoms with Gasteiger partial charge >= 0.3 is 0 Å². The van der Waals surface area contributed by atoms with Crippen LogP contribution in [-0.2, 0) is 4.79 Å². The van der Waals surface area contributed by atoms with Gasteiger partial charge in [0.1, 0.15) is 5.82 Å². The fourth-order valence-corrected chi connectivity index (χ4v) is 1.45. The van der Waals surface area contributed by atoms with Gasteiger partial charge in [-0.1, -0.05) is 18.2 Å². The zero-order valence-electron chi connectivity index (χ0n) is 8.66. The highest BCUT2D eigenvalue weighted by Gasteiger charge is 2.16. The number of benzene rings is 1. The van der Waals surface area contributed by atoms with Crippen molar-refractivity contribution in [2.45, 2.75) is 12.3 Å². The second-order valence-corrected chi connectivity index (χ2v) is 3.33. The van der Waals surface area contributed by atoms with Crippen LogP contribution < -0.4 is 11.1 Å². The molecule has 1 unspecified atom stereocenters. The highest BCUT2D eigenvalue weighted by molar-refractivity contribution is 5.76. The smallest absolute Gasteiger partial charge is 0.220 e. The molecule has 0 bridgehead atoms. The van der Waals surface area contributed by atoms with Crippen LogP contribution in [0.3, 0.4) is 0 Å². The van der Waals surface area contributed by atoms with Gasteiger partial charge in [-0.05, 0) is 18.2 Å². The third-order valence-corrected chi connectivity index (χ3v) is 2.34. The Labute approximate surface area is 88.5 Å². The zero-order valence-corrected chi connectivity index (χ0v) is 8.66. The lowest BCUT2D eigenvalue weighted by atomic mass is 9.95. The predicted molar refractivity (Wildman–Crippen MR) is 56.9 cm³/mol. The Hall–Kier alpha value is -1.42. The number of hydrogen-bond donors (Lipinski definition) is 2. The highest BCUT2D eigenvalue weighted by Crippen LogP contribution is 2.21. The van der Waals surface area contributed by atoms with Crippen molar-refractivity contribution in [1.82, 2.24) is 5.32 Å². The van der Waals surface area contributed by atoms with Crippen molar-refractivity contribution in [2.75, 3.05) is 13.6 Å². The lowest BCUT2D eigenvalue weighted by Crippen LogP contribution is -2.24. The molecule has 1 aromatic carbocycles. The van der Waals surface area contributed by atoms with Crippen molar-refractivity contribution in [2.24, 2.45) is 5.73 Å². The summed E-state index contributed by atoms with van der Waals surface area (Å²) in [4.78, 5) is 11.2. The lowest BCUT2D eigenvalue weighted by Gasteiger charge is -2.14. The van der Waals surface area contributed by atoms with Crippen LogP contribution in [0.25, 0.3) is 0 Å². The Balaban J connectivity index is 2.83. The average molecular weight is 210 g/mol. The quantitative estimate of drug-likeness (QED) is 0.779. The summed E-state index contributed by atoms with van der Waals surface area (Å²) in [6.45, 7) is 0.258. The summed E-state index contributed by atoms with van der Waals surface area (Å²) in [6.07, 6.45) is 0.216. The fraction of sp³-hybridized carbons (Fsp3) is 0.364. The van der Waals surface area contributed by atoms with Gasteiger partial charge in [0.2, 0.25) is 5.91 Å². The summed E-state index contributed by atoms with van der Waals surface area (Å²) in [5, 5.41) is 2.50. The number of nitrogens with one attached hydrogen (secondary N) is 1. The van der Waals surface area contributed by atoms with Crippen LogP contribution in [0.2, 0.25) is 0 Å². The molecular formula is C11H15FN2O. The van der Waals surface area contributed by atoms with Gasteiger partial charge in [-0.2, -0.15) is 0 Å². The number of carbonyl (C=O) groups excluding carboxylic acids is 1. The molecule has 0 aliphatic rings. The summed E-state index contributed by atoms with van der Waals surface area (Å²) in [5.41, 5.74) is 6.03. The van der Waals surface area contributed by atoms with Crippen LogP contribution in [0.5, 0.6) is 0 Å². The third-order valence-electron chi connectivity index (χ3n) is 2.34. The zero-order chi connectivity index (χ0) is 11.3. The molecule has 3 nitrogen and oxygen atoms in total. The largest absolute Gasteiger partial charge is 0.359 e. The Morgan fingerprint density at radius 3 is 2.73 bits per heavy atom. The van der Waals surface area contributed by atoms with E-state index in [0.29, 0.717) is 5.56 Å². The van der Waals surface area contributed by atoms with Gasteiger partial charge in [0.15, 0.2) is 0 Å². The number of nitrogens with two attached hydrogens (primary N) is 1. The van der Waals surface area contributed by atoms with Gasteiger partial charge in [0.05, 0.1) is 0 Å². The number of amides is 1. The van der Waals surface area contributed by atoms with Crippen LogP contribution in [0.4, 0.5) is 4.39 Å². The molecular weight excluding hydrogens is 195 g/mol. The maximum Gasteiger partial charge on any atom is 0.220 e. The van der Waals surface area contributed by atoms with E-state index in [4.69, 9.17) is 5.73 Å². The average Bonchev–Trinajstić information content (AvgIpc) is 2.26. The van der Waals surface area contributed by atoms with E-state index in [0.717, 1.165) is 0 Å². The van der Waals surface area contributed by atoms with E-state index >= 15 is 0 Å². The Morgan fingerprint density at radius 1 is 1.53 bits per heavy atom. The van der Waals surface area contributed by atoms with Crippen molar-refractivity contribution in [1.29, 1.82) is 0 Å². The van der Waals surface area contributed by atoms with Gasteiger partial charge in [-0.3, -0.25) is 4.79 Å². The van der Waals surface area contributed by atoms with E-state index in [-0.39, 0.29) is 30.6 Å². The first-order chi connectivity index (χ1) is 7.19. The molecule has 0 saturated carbocycles. The van der Waals surface area contributed by atoms with E-state index in [2.05, 4.69) is 5.32 Å². The van der Waals surface area contributed by atoms with E-state index in [9.17, 15) is 9.18 Å². The van der Waals surface area contributed by atoms with Crippen LogP contribution in [0.1, 0.15) is 17.9 Å². The monoisotopic (exact) mass is 210 g/mol. The second kappa shape index (κ2) is 5.46. The normalized spacial score (nSPS) is 12.2. The van der Waals surface area contributed by atoms with Crippen LogP contribution in [-0.4, -0.2) is 19.5 Å². The fourth-order valence-electron chi connectivity index (χ4n) is 1.45. The number of hydrogen-bond acceptors (Lipinski definition) is 2. The summed E-state index contributed by atoms with van der Waals surface area (Å²) in [7, 11) is 1.55. The first-order valence-electron chi connectivity index (χ1n) is 4.84. The highest BCUT2D eigenvalue weighted by atomic mass is 19.1. The van der Waals surface area contributed by atoms with Gasteiger partial charge in [0.25, 0.3) is 0 Å². The van der Waals surface area contributed by atoms with E-state index in [1.54, 1.807) is 25.2 Å². The number of halogens is 1. The van der Waals surface area contributed by atoms with Crippen molar-refractivity contribution >= 4 is 5.91 Å². The molecule has 0 aliphatic heterocycles. The minimum absolute atomic E-state index is 0.131. The molecule has 0 saturated heterocycles. The van der Waals surface area contributed by atoms with Gasteiger partial charge in [-0.15, -0.1) is 0 Å². The molecule has 0 aliphatic carbocycles. The van der Waals surface area contributed by atoms with Crippen LogP contribution >= 0.6 is 0 Å². The van der Waals surface area contributed by atoms with Crippen molar-refractivity contribution < 1.29 is 9.18 Å². The van der Waals surface area contributed by atoms with E-state index in [1.807, 2.05) is 0 Å². The summed E-state index contributed by atoms with van der Waals surface area (Å²) < 4.78 is 13.4. The molecule has 0 spiro atoms. The second-order valence-electron chi connectivity index (χ2n) is 3.33. The molecule has 1 rings (SSSR count). The molecule has 1 amide bonds. The Kier molecular flexibility index (Phi) is 4.24. The summed E-state index contributed by atoms with van der Waals surface area (Å²) in [6, 6.07) is 6.40. The van der Waals surface area contributed by atoms with Crippen molar-refractivity contribution in [3.8, 4) is 0 Å². The molecule has 1 atom stereocenters. The molecule has 4 heteroatoms. The Bertz CT molecular complexity index is 341. The first kappa shape index (κ1) is 11.7. The van der Waals surface area contributed by atoms with Crippen molar-refractivity contribution in [3.05, 3.63) is 35.6 Å². The minimum Gasteiger partial charge on any atom is -0.359 e. The molecule has 15 heavy (non-hydrogen) atoms. The topological polar surface area (TPSA) is 55.1 Å². The molecule has 1 aromatic rings. The SMILES string of the molecule is CNC(=O)CC(CN)c1ccccc1F. The molecule has 0 fully saturated rings. The van der Waals surface area contributed by atoms with Crippen molar-refractivity contribution in [3.63, 3.8) is 0 Å². The summed E-state index contributed by atoms with van der Waals surface area (Å²) in [5.74, 6) is -0.697. The van der Waals surface area contributed by atoms with Crippen LogP contribution in [0, 0.1) is 5.82 Å². The first-order valence-corrected chi connectivity index (χ1v) is 4.84. The predicted octanol–water partition coefficient (Wildman–Crippen LogP) is 1.00. The van der Waals surface area contributed by atoms with Gasteiger partial charge < -0.3 is 11.1 Å². The molecule has 0 radical (unpaired) electrons. The van der Waals surface area contributed by atoms with Gasteiger partial charge in [0, 0.05) is 19.4 Å². The number of rotatable bonds is 4. The Morgan fingerprint density at radius 2 is 2.20 bits per heavy atom. The molecule has 0 aromatic heterocycles. The maximum atomic E-state index is 13.4. The van der Waals surface area contributed by atoms with E-state index in [1.165, 1.54) is 6.07 Å². The minimum atomic E-state index is -0.308. The third kappa shape index (κ3) is 3.02. The molecule has 0 heterocycles. The van der Waals surface area contributed by atoms with E-state index < -0.39 is 0 Å². The maximum absolute atomic E-state index is 13.4. The van der Waals surface area contributed by atoms with Crippen LogP contribution in [0.15, 0.2) is 24.3 Å². The number of carbonyl (C=O) groups is 1. The molecule has 3 N–H and O–H groups in total. The summed E-state index contributed by atoms with van der Waals surface area (Å²) >= 11 is 0. The van der Waals surface area contributed by atoms with Gasteiger partial charge in [-0.25, -0.2) is 4.39 Å². The standard InChI is InChI=1S/C11H15FN2O/c1-14-11(15)6-8(7-13)9-4-2-3-5-10(9)12/h2-5,8H,6-7,13H2,1H3,(H,14,15). The lowest BCUT2D eigenvalue weighted by molar-refractivity contribution is -0.120.